The highest BCUT2D eigenvalue weighted by atomic mass is 32.1. The molecule has 0 bridgehead atoms. The van der Waals surface area contributed by atoms with Gasteiger partial charge in [-0.2, -0.15) is 5.26 Å². The summed E-state index contributed by atoms with van der Waals surface area (Å²) in [5.41, 5.74) is 2.16. The Balaban J connectivity index is 2.09. The van der Waals surface area contributed by atoms with E-state index in [0.29, 0.717) is 17.0 Å². The van der Waals surface area contributed by atoms with E-state index in [1.54, 1.807) is 11.3 Å². The minimum Gasteiger partial charge on any atom is -0.342 e. The molecule has 0 aliphatic heterocycles. The van der Waals surface area contributed by atoms with Crippen LogP contribution in [0.2, 0.25) is 0 Å². The van der Waals surface area contributed by atoms with Crippen LogP contribution in [-0.2, 0) is 0 Å². The largest absolute Gasteiger partial charge is 0.342 e. The Bertz CT molecular complexity index is 921. The summed E-state index contributed by atoms with van der Waals surface area (Å²) in [5, 5.41) is 12.1. The molecule has 110 valence electrons. The van der Waals surface area contributed by atoms with Crippen molar-refractivity contribution in [2.24, 2.45) is 0 Å². The number of aromatic amines is 1. The van der Waals surface area contributed by atoms with Crippen molar-refractivity contribution in [3.05, 3.63) is 45.8 Å². The topological polar surface area (TPSA) is 61.6 Å². The van der Waals surface area contributed by atoms with Crippen molar-refractivity contribution in [2.45, 2.75) is 31.7 Å². The highest BCUT2D eigenvalue weighted by molar-refractivity contribution is 7.13. The molecular weight excluding hydrogens is 294 g/mol. The second-order valence-corrected chi connectivity index (χ2v) is 6.68. The number of rotatable bonds is 2. The van der Waals surface area contributed by atoms with Gasteiger partial charge in [-0.1, -0.05) is 18.9 Å². The number of pyridine rings is 1. The fraction of sp³-hybridized carbons (Fsp3) is 0.294. The van der Waals surface area contributed by atoms with Crippen LogP contribution in [0.4, 0.5) is 0 Å². The number of thiophene rings is 1. The molecule has 1 N–H and O–H groups in total. The van der Waals surface area contributed by atoms with Gasteiger partial charge in [0.2, 0.25) is 0 Å². The smallest absolute Gasteiger partial charge is 0.258 e. The highest BCUT2D eigenvalue weighted by Crippen LogP contribution is 2.38. The molecule has 0 radical (unpaired) electrons. The minimum atomic E-state index is -0.117. The van der Waals surface area contributed by atoms with E-state index in [2.05, 4.69) is 21.8 Å². The molecule has 3 aromatic heterocycles. The van der Waals surface area contributed by atoms with E-state index in [1.807, 2.05) is 17.5 Å². The lowest BCUT2D eigenvalue weighted by atomic mass is 10.1. The molecule has 5 heteroatoms. The second kappa shape index (κ2) is 5.15. The predicted molar refractivity (Wildman–Crippen MR) is 88.1 cm³/mol. The van der Waals surface area contributed by atoms with E-state index in [-0.39, 0.29) is 5.56 Å². The molecule has 0 amide bonds. The van der Waals surface area contributed by atoms with Gasteiger partial charge in [0.1, 0.15) is 6.07 Å². The quantitative estimate of drug-likeness (QED) is 0.776. The summed E-state index contributed by atoms with van der Waals surface area (Å²) in [5.74, 6) is 0. The lowest BCUT2D eigenvalue weighted by Crippen LogP contribution is -2.09. The number of hydrogen-bond acceptors (Lipinski definition) is 3. The minimum absolute atomic E-state index is 0.117. The molecule has 3 heterocycles. The maximum Gasteiger partial charge on any atom is 0.258 e. The predicted octanol–water partition coefficient (Wildman–Crippen LogP) is 4.04. The maximum absolute atomic E-state index is 12.4. The molecule has 1 aliphatic carbocycles. The summed E-state index contributed by atoms with van der Waals surface area (Å²) < 4.78 is 2.17. The molecule has 0 atom stereocenters. The van der Waals surface area contributed by atoms with Gasteiger partial charge in [-0.05, 0) is 24.3 Å². The van der Waals surface area contributed by atoms with E-state index in [9.17, 15) is 10.1 Å². The van der Waals surface area contributed by atoms with Crippen LogP contribution in [0, 0.1) is 11.3 Å². The van der Waals surface area contributed by atoms with Crippen LogP contribution in [0.15, 0.2) is 34.7 Å². The Morgan fingerprint density at radius 2 is 2.18 bits per heavy atom. The van der Waals surface area contributed by atoms with Crippen molar-refractivity contribution < 1.29 is 0 Å². The molecule has 1 fully saturated rings. The first-order valence-electron chi connectivity index (χ1n) is 7.50. The lowest BCUT2D eigenvalue weighted by molar-refractivity contribution is 0.536. The zero-order valence-corrected chi connectivity index (χ0v) is 12.8. The zero-order chi connectivity index (χ0) is 15.1. The number of nitrogens with one attached hydrogen (secondary N) is 1. The van der Waals surface area contributed by atoms with Gasteiger partial charge >= 0.3 is 0 Å². The van der Waals surface area contributed by atoms with Crippen molar-refractivity contribution in [1.29, 1.82) is 5.26 Å². The molecule has 0 aromatic carbocycles. The summed E-state index contributed by atoms with van der Waals surface area (Å²) in [6.45, 7) is 0. The standard InChI is InChI=1S/C17H15N3OS/c18-8-11-9-19-17(21)15-13(14-6-3-7-22-14)10-20(16(11)15)12-4-1-2-5-12/h3,6-7,9-10,12H,1-2,4-5H2,(H,19,21). The summed E-state index contributed by atoms with van der Waals surface area (Å²) >= 11 is 1.62. The lowest BCUT2D eigenvalue weighted by Gasteiger charge is -2.13. The number of nitrogens with zero attached hydrogens (tertiary/aromatic N) is 2. The fourth-order valence-corrected chi connectivity index (χ4v) is 4.22. The third-order valence-electron chi connectivity index (χ3n) is 4.49. The zero-order valence-electron chi connectivity index (χ0n) is 12.0. The molecule has 4 nitrogen and oxygen atoms in total. The number of nitriles is 1. The van der Waals surface area contributed by atoms with Gasteiger partial charge in [0, 0.05) is 28.9 Å². The van der Waals surface area contributed by atoms with E-state index in [0.717, 1.165) is 28.8 Å². The van der Waals surface area contributed by atoms with Crippen LogP contribution in [0.3, 0.4) is 0 Å². The molecule has 1 saturated carbocycles. The van der Waals surface area contributed by atoms with Gasteiger partial charge in [-0.15, -0.1) is 11.3 Å². The van der Waals surface area contributed by atoms with Crippen molar-refractivity contribution in [1.82, 2.24) is 9.55 Å². The molecule has 0 spiro atoms. The Labute approximate surface area is 131 Å². The molecule has 4 rings (SSSR count). The van der Waals surface area contributed by atoms with Gasteiger partial charge in [0.15, 0.2) is 0 Å². The van der Waals surface area contributed by atoms with Gasteiger partial charge < -0.3 is 9.55 Å². The monoisotopic (exact) mass is 309 g/mol. The van der Waals surface area contributed by atoms with Crippen LogP contribution in [0.1, 0.15) is 37.3 Å². The van der Waals surface area contributed by atoms with Crippen molar-refractivity contribution in [3.63, 3.8) is 0 Å². The highest BCUT2D eigenvalue weighted by Gasteiger charge is 2.24. The third-order valence-corrected chi connectivity index (χ3v) is 5.39. The molecule has 22 heavy (non-hydrogen) atoms. The van der Waals surface area contributed by atoms with Crippen LogP contribution in [0.5, 0.6) is 0 Å². The van der Waals surface area contributed by atoms with Crippen molar-refractivity contribution in [2.75, 3.05) is 0 Å². The Kier molecular flexibility index (Phi) is 3.12. The summed E-state index contributed by atoms with van der Waals surface area (Å²) in [4.78, 5) is 16.2. The third kappa shape index (κ3) is 1.92. The van der Waals surface area contributed by atoms with Crippen molar-refractivity contribution >= 4 is 22.2 Å². The van der Waals surface area contributed by atoms with Crippen LogP contribution >= 0.6 is 11.3 Å². The fourth-order valence-electron chi connectivity index (χ4n) is 3.48. The van der Waals surface area contributed by atoms with E-state index in [1.165, 1.54) is 19.0 Å². The molecule has 3 aromatic rings. The Morgan fingerprint density at radius 1 is 1.36 bits per heavy atom. The van der Waals surface area contributed by atoms with E-state index >= 15 is 0 Å². The SMILES string of the molecule is N#Cc1c[nH]c(=O)c2c(-c3cccs3)cn(C3CCCC3)c12. The van der Waals surface area contributed by atoms with E-state index in [4.69, 9.17) is 0 Å². The van der Waals surface area contributed by atoms with Gasteiger partial charge in [-0.25, -0.2) is 0 Å². The maximum atomic E-state index is 12.4. The van der Waals surface area contributed by atoms with Gasteiger partial charge in [0.25, 0.3) is 5.56 Å². The first-order valence-corrected chi connectivity index (χ1v) is 8.38. The normalized spacial score (nSPS) is 15.4. The first kappa shape index (κ1) is 13.4. The average molecular weight is 309 g/mol. The molecule has 0 saturated heterocycles. The Morgan fingerprint density at radius 3 is 2.86 bits per heavy atom. The average Bonchev–Trinajstić information content (AvgIpc) is 3.27. The number of H-pyrrole nitrogens is 1. The van der Waals surface area contributed by atoms with E-state index < -0.39 is 0 Å². The van der Waals surface area contributed by atoms with Crippen LogP contribution < -0.4 is 5.56 Å². The summed E-state index contributed by atoms with van der Waals surface area (Å²) in [6.07, 6.45) is 8.26. The number of fused-ring (bicyclic) bond motifs is 1. The molecule has 0 unspecified atom stereocenters. The van der Waals surface area contributed by atoms with Crippen LogP contribution in [0.25, 0.3) is 21.3 Å². The van der Waals surface area contributed by atoms with Crippen molar-refractivity contribution in [3.8, 4) is 16.5 Å². The van der Waals surface area contributed by atoms with Gasteiger partial charge in [-0.3, -0.25) is 4.79 Å². The number of aromatic nitrogens is 2. The van der Waals surface area contributed by atoms with Crippen LogP contribution in [-0.4, -0.2) is 9.55 Å². The number of hydrogen-bond donors (Lipinski definition) is 1. The summed E-state index contributed by atoms with van der Waals surface area (Å²) in [7, 11) is 0. The second-order valence-electron chi connectivity index (χ2n) is 5.73. The molecular formula is C17H15N3OS. The Hall–Kier alpha value is -2.32. The first-order chi connectivity index (χ1) is 10.8. The van der Waals surface area contributed by atoms with Gasteiger partial charge in [0.05, 0.1) is 16.5 Å². The summed E-state index contributed by atoms with van der Waals surface area (Å²) in [6, 6.07) is 6.64. The molecule has 1 aliphatic rings.